The molecule has 1 unspecified atom stereocenters. The van der Waals surface area contributed by atoms with Crippen LogP contribution in [0.1, 0.15) is 13.8 Å². The van der Waals surface area contributed by atoms with Crippen molar-refractivity contribution in [3.8, 4) is 0 Å². The summed E-state index contributed by atoms with van der Waals surface area (Å²) in [5, 5.41) is 18.7. The Morgan fingerprint density at radius 3 is 2.76 bits per heavy atom. The fraction of sp³-hybridized carbons (Fsp3) is 0.500. The molecule has 2 aromatic rings. The van der Waals surface area contributed by atoms with Gasteiger partial charge in [0.1, 0.15) is 36.4 Å². The predicted molar refractivity (Wildman–Crippen MR) is 129 cm³/mol. The van der Waals surface area contributed by atoms with Crippen LogP contribution in [0.25, 0.3) is 11.0 Å². The van der Waals surface area contributed by atoms with Gasteiger partial charge < -0.3 is 24.4 Å². The van der Waals surface area contributed by atoms with E-state index in [1.54, 1.807) is 27.8 Å². The Kier molecular flexibility index (Phi) is 5.64. The van der Waals surface area contributed by atoms with Crippen molar-refractivity contribution in [2.24, 2.45) is 17.8 Å². The van der Waals surface area contributed by atoms with Crippen molar-refractivity contribution in [2.75, 3.05) is 19.8 Å². The zero-order valence-electron chi connectivity index (χ0n) is 20.6. The molecule has 0 aliphatic carbocycles. The molecule has 0 radical (unpaired) electrons. The van der Waals surface area contributed by atoms with E-state index in [1.807, 2.05) is 44.2 Å². The number of nitrogens with zero attached hydrogens (tertiary/aromatic N) is 5. The molecular weight excluding hydrogens is 478 g/mol. The number of hydrogen-bond donors (Lipinski definition) is 1. The number of aliphatic hydroxyl groups excluding tert-OH is 1. The van der Waals surface area contributed by atoms with Gasteiger partial charge in [-0.1, -0.05) is 49.4 Å². The number of carbonyl (C=O) groups excluding carboxylic acids is 3. The minimum Gasteiger partial charge on any atom is -0.461 e. The Morgan fingerprint density at radius 2 is 1.97 bits per heavy atom. The number of carbonyl (C=O) groups is 3. The smallest absolute Gasteiger partial charge is 0.313 e. The van der Waals surface area contributed by atoms with Gasteiger partial charge in [0.25, 0.3) is 5.91 Å². The molecular formula is C26H29N5O6. The van der Waals surface area contributed by atoms with Crippen LogP contribution < -0.4 is 0 Å². The van der Waals surface area contributed by atoms with Crippen LogP contribution in [0.4, 0.5) is 0 Å². The second-order valence-corrected chi connectivity index (χ2v) is 10.3. The molecule has 11 nitrogen and oxygen atoms in total. The third-order valence-corrected chi connectivity index (χ3v) is 7.97. The minimum absolute atomic E-state index is 0.107. The average Bonchev–Trinajstić information content (AvgIpc) is 3.42. The van der Waals surface area contributed by atoms with Gasteiger partial charge in [-0.3, -0.25) is 14.4 Å². The van der Waals surface area contributed by atoms with Crippen LogP contribution in [0, 0.1) is 17.8 Å². The second-order valence-electron chi connectivity index (χ2n) is 10.3. The molecule has 1 aromatic carbocycles. The molecule has 0 saturated carbocycles. The van der Waals surface area contributed by atoms with Crippen molar-refractivity contribution >= 4 is 28.8 Å². The number of hydrogen-bond acceptors (Lipinski definition) is 8. The summed E-state index contributed by atoms with van der Waals surface area (Å²) in [4.78, 5) is 44.5. The van der Waals surface area contributed by atoms with Crippen molar-refractivity contribution in [2.45, 2.75) is 44.3 Å². The van der Waals surface area contributed by atoms with Crippen LogP contribution in [0.2, 0.25) is 0 Å². The van der Waals surface area contributed by atoms with Gasteiger partial charge in [0.15, 0.2) is 0 Å². The molecule has 5 heterocycles. The van der Waals surface area contributed by atoms with E-state index < -0.39 is 41.6 Å². The van der Waals surface area contributed by atoms with Gasteiger partial charge in [0.05, 0.1) is 30.2 Å². The molecule has 4 aliphatic heterocycles. The Balaban J connectivity index is 1.44. The molecule has 6 rings (SSSR count). The Morgan fingerprint density at radius 1 is 1.16 bits per heavy atom. The lowest BCUT2D eigenvalue weighted by molar-refractivity contribution is -0.156. The molecule has 1 aromatic heterocycles. The van der Waals surface area contributed by atoms with Gasteiger partial charge in [-0.05, 0) is 24.1 Å². The highest BCUT2D eigenvalue weighted by atomic mass is 16.6. The number of para-hydroxylation sites is 1. The zero-order valence-corrected chi connectivity index (χ0v) is 20.6. The van der Waals surface area contributed by atoms with Gasteiger partial charge in [-0.25, -0.2) is 4.68 Å². The van der Waals surface area contributed by atoms with Crippen LogP contribution >= 0.6 is 0 Å². The van der Waals surface area contributed by atoms with E-state index in [1.165, 1.54) is 4.90 Å². The topological polar surface area (TPSA) is 127 Å². The molecule has 2 fully saturated rings. The fourth-order valence-electron chi connectivity index (χ4n) is 6.24. The fourth-order valence-corrected chi connectivity index (χ4v) is 6.24. The number of amides is 2. The van der Waals surface area contributed by atoms with E-state index in [-0.39, 0.29) is 44.2 Å². The van der Waals surface area contributed by atoms with Gasteiger partial charge >= 0.3 is 5.97 Å². The molecule has 6 atom stereocenters. The first-order valence-electron chi connectivity index (χ1n) is 12.6. The number of rotatable bonds is 5. The van der Waals surface area contributed by atoms with Crippen LogP contribution in [0.15, 0.2) is 48.6 Å². The first-order valence-corrected chi connectivity index (χ1v) is 12.6. The van der Waals surface area contributed by atoms with Gasteiger partial charge in [0.2, 0.25) is 5.91 Å². The first kappa shape index (κ1) is 23.8. The standard InChI is InChI=1S/C26H29N5O6/c1-15(2)18(13-32)31-22-24(34)29(14-30-17-8-4-3-7-16(17)27-28-30)11-6-10-26(22)21(23(31)33)20-19(37-26)9-5-12-36-25(20)35/h3-10,15,18-22,32H,11-14H2,1-2H3/t18-,19+,20-,21-,22?,26-/m0/s1. The highest BCUT2D eigenvalue weighted by Gasteiger charge is 2.72. The van der Waals surface area contributed by atoms with Gasteiger partial charge in [-0.15, -0.1) is 5.10 Å². The lowest BCUT2D eigenvalue weighted by Gasteiger charge is -2.39. The Hall–Kier alpha value is -3.57. The Labute approximate surface area is 213 Å². The summed E-state index contributed by atoms with van der Waals surface area (Å²) in [5.41, 5.74) is 0.114. The minimum atomic E-state index is -1.37. The third-order valence-electron chi connectivity index (χ3n) is 7.97. The summed E-state index contributed by atoms with van der Waals surface area (Å²) in [6.45, 7) is 3.92. The van der Waals surface area contributed by atoms with Crippen LogP contribution in [0.5, 0.6) is 0 Å². The molecule has 1 spiro atoms. The van der Waals surface area contributed by atoms with Crippen molar-refractivity contribution in [1.29, 1.82) is 0 Å². The largest absolute Gasteiger partial charge is 0.461 e. The maximum atomic E-state index is 14.3. The highest BCUT2D eigenvalue weighted by Crippen LogP contribution is 2.54. The van der Waals surface area contributed by atoms with Gasteiger partial charge in [0, 0.05) is 6.54 Å². The monoisotopic (exact) mass is 507 g/mol. The summed E-state index contributed by atoms with van der Waals surface area (Å²) in [6, 6.07) is 5.77. The van der Waals surface area contributed by atoms with E-state index in [9.17, 15) is 19.5 Å². The Bertz CT molecular complexity index is 1320. The summed E-state index contributed by atoms with van der Waals surface area (Å²) >= 11 is 0. The quantitative estimate of drug-likeness (QED) is 0.458. The van der Waals surface area contributed by atoms with Crippen LogP contribution in [-0.4, -0.2) is 91.2 Å². The average molecular weight is 508 g/mol. The van der Waals surface area contributed by atoms with Crippen molar-refractivity contribution in [3.63, 3.8) is 0 Å². The van der Waals surface area contributed by atoms with Crippen molar-refractivity contribution < 1.29 is 29.0 Å². The number of benzene rings is 1. The number of aliphatic hydroxyl groups is 1. The number of cyclic esters (lactones) is 1. The molecule has 1 N–H and O–H groups in total. The highest BCUT2D eigenvalue weighted by molar-refractivity contribution is 5.99. The maximum absolute atomic E-state index is 14.3. The summed E-state index contributed by atoms with van der Waals surface area (Å²) in [6.07, 6.45) is 6.33. The normalized spacial score (nSPS) is 31.8. The third kappa shape index (κ3) is 3.44. The van der Waals surface area contributed by atoms with E-state index in [4.69, 9.17) is 9.47 Å². The molecule has 37 heavy (non-hydrogen) atoms. The van der Waals surface area contributed by atoms with E-state index in [0.717, 1.165) is 5.52 Å². The summed E-state index contributed by atoms with van der Waals surface area (Å²) in [7, 11) is 0. The number of likely N-dealkylation sites (tertiary alicyclic amines) is 1. The summed E-state index contributed by atoms with van der Waals surface area (Å²) < 4.78 is 13.5. The van der Waals surface area contributed by atoms with Crippen molar-refractivity contribution in [1.82, 2.24) is 24.8 Å². The van der Waals surface area contributed by atoms with Gasteiger partial charge in [-0.2, -0.15) is 0 Å². The molecule has 0 bridgehead atoms. The van der Waals surface area contributed by atoms with Crippen molar-refractivity contribution in [3.05, 3.63) is 48.6 Å². The van der Waals surface area contributed by atoms with E-state index in [2.05, 4.69) is 10.3 Å². The lowest BCUT2D eigenvalue weighted by Crippen LogP contribution is -2.59. The van der Waals surface area contributed by atoms with E-state index >= 15 is 0 Å². The molecule has 4 aliphatic rings. The number of aromatic nitrogens is 3. The number of esters is 1. The number of fused-ring (bicyclic) bond motifs is 3. The van der Waals surface area contributed by atoms with Crippen LogP contribution in [0.3, 0.4) is 0 Å². The first-order chi connectivity index (χ1) is 17.9. The molecule has 11 heteroatoms. The molecule has 2 amide bonds. The maximum Gasteiger partial charge on any atom is 0.313 e. The molecule has 2 saturated heterocycles. The lowest BCUT2D eigenvalue weighted by atomic mass is 9.78. The van der Waals surface area contributed by atoms with E-state index in [0.29, 0.717) is 5.52 Å². The second kappa shape index (κ2) is 8.77. The molecule has 194 valence electrons. The van der Waals surface area contributed by atoms with Crippen LogP contribution in [-0.2, 0) is 30.5 Å². The summed E-state index contributed by atoms with van der Waals surface area (Å²) in [5.74, 6) is -3.22. The predicted octanol–water partition coefficient (Wildman–Crippen LogP) is 0.498. The zero-order chi connectivity index (χ0) is 25.9. The SMILES string of the molecule is CC(C)[C@H](CO)N1C(=O)[C@@H]2[C@H]3C(=O)OCC=C[C@H]3O[C@@]23C=CCN(Cn2nnc4ccccc42)C(=O)C13. The number of ether oxygens (including phenoxy) is 2.